The third-order valence-electron chi connectivity index (χ3n) is 2.18. The second-order valence-electron chi connectivity index (χ2n) is 3.81. The summed E-state index contributed by atoms with van der Waals surface area (Å²) in [6, 6.07) is 0.360. The first kappa shape index (κ1) is 13.4. The highest BCUT2D eigenvalue weighted by molar-refractivity contribution is 5.78. The molecule has 0 bridgehead atoms. The van der Waals surface area contributed by atoms with E-state index in [-0.39, 0.29) is 5.91 Å². The van der Waals surface area contributed by atoms with Gasteiger partial charge >= 0.3 is 0 Å². The second-order valence-corrected chi connectivity index (χ2v) is 3.81. The van der Waals surface area contributed by atoms with Gasteiger partial charge in [-0.3, -0.25) is 4.79 Å². The van der Waals surface area contributed by atoms with Crippen molar-refractivity contribution in [2.75, 3.05) is 20.1 Å². The normalized spacial score (nSPS) is 14.9. The molecule has 2 atom stereocenters. The Balaban J connectivity index is 3.73. The minimum absolute atomic E-state index is 0.0196. The fraction of sp³-hybridized carbons (Fsp3) is 0.900. The molecule has 0 aliphatic heterocycles. The van der Waals surface area contributed by atoms with Gasteiger partial charge in [0.2, 0.25) is 5.91 Å². The van der Waals surface area contributed by atoms with Crippen molar-refractivity contribution in [3.05, 3.63) is 0 Å². The van der Waals surface area contributed by atoms with Crippen molar-refractivity contribution in [1.29, 1.82) is 0 Å². The van der Waals surface area contributed by atoms with Crippen LogP contribution in [0.15, 0.2) is 0 Å². The summed E-state index contributed by atoms with van der Waals surface area (Å²) in [5, 5.41) is 12.2. The molecule has 2 unspecified atom stereocenters. The van der Waals surface area contributed by atoms with Gasteiger partial charge in [0, 0.05) is 19.6 Å². The van der Waals surface area contributed by atoms with E-state index >= 15 is 0 Å². The first-order valence-corrected chi connectivity index (χ1v) is 5.12. The Labute approximate surface area is 86.3 Å². The predicted molar refractivity (Wildman–Crippen MR) is 57.1 cm³/mol. The van der Waals surface area contributed by atoms with Gasteiger partial charge in [-0.1, -0.05) is 6.92 Å². The third kappa shape index (κ3) is 5.94. The lowest BCUT2D eigenvalue weighted by Gasteiger charge is -2.20. The van der Waals surface area contributed by atoms with Crippen LogP contribution in [0.2, 0.25) is 0 Å². The molecule has 84 valence electrons. The Bertz CT molecular complexity index is 172. The molecule has 0 heterocycles. The van der Waals surface area contributed by atoms with Crippen molar-refractivity contribution >= 4 is 5.91 Å². The quantitative estimate of drug-likeness (QED) is 0.647. The lowest BCUT2D eigenvalue weighted by Crippen LogP contribution is -2.41. The Morgan fingerprint density at radius 2 is 2.07 bits per heavy atom. The number of carbonyl (C=O) groups is 1. The zero-order chi connectivity index (χ0) is 11.1. The Morgan fingerprint density at radius 3 is 2.50 bits per heavy atom. The second kappa shape index (κ2) is 6.79. The van der Waals surface area contributed by atoms with E-state index in [0.717, 1.165) is 6.42 Å². The molecule has 0 aliphatic rings. The number of hydrogen-bond acceptors (Lipinski definition) is 3. The first-order chi connectivity index (χ1) is 6.47. The fourth-order valence-corrected chi connectivity index (χ4v) is 1.04. The van der Waals surface area contributed by atoms with E-state index in [1.54, 1.807) is 18.9 Å². The monoisotopic (exact) mass is 202 g/mol. The molecule has 0 fully saturated rings. The van der Waals surface area contributed by atoms with Crippen molar-refractivity contribution in [1.82, 2.24) is 10.2 Å². The van der Waals surface area contributed by atoms with E-state index in [4.69, 9.17) is 5.11 Å². The summed E-state index contributed by atoms with van der Waals surface area (Å²) in [5.74, 6) is 0.0196. The number of carbonyl (C=O) groups excluding carboxylic acids is 1. The summed E-state index contributed by atoms with van der Waals surface area (Å²) < 4.78 is 0. The molecule has 4 nitrogen and oxygen atoms in total. The number of nitrogens with one attached hydrogen (secondary N) is 1. The highest BCUT2D eigenvalue weighted by atomic mass is 16.3. The van der Waals surface area contributed by atoms with Gasteiger partial charge in [-0.05, 0) is 20.3 Å². The minimum Gasteiger partial charge on any atom is -0.392 e. The standard InChI is InChI=1S/C10H22N2O2/c1-5-8(2)11-6-10(14)12(4)7-9(3)13/h8-9,11,13H,5-7H2,1-4H3. The SMILES string of the molecule is CCC(C)NCC(=O)N(C)CC(C)O. The number of nitrogens with zero attached hydrogens (tertiary/aromatic N) is 1. The van der Waals surface area contributed by atoms with Crippen LogP contribution in [-0.2, 0) is 4.79 Å². The van der Waals surface area contributed by atoms with E-state index in [9.17, 15) is 4.79 Å². The van der Waals surface area contributed by atoms with Crippen molar-refractivity contribution in [3.63, 3.8) is 0 Å². The van der Waals surface area contributed by atoms with Crippen LogP contribution in [0.5, 0.6) is 0 Å². The van der Waals surface area contributed by atoms with Gasteiger partial charge in [-0.15, -0.1) is 0 Å². The van der Waals surface area contributed by atoms with Gasteiger partial charge < -0.3 is 15.3 Å². The zero-order valence-corrected chi connectivity index (χ0v) is 9.58. The molecule has 0 saturated carbocycles. The van der Waals surface area contributed by atoms with Crippen molar-refractivity contribution in [3.8, 4) is 0 Å². The molecule has 0 aromatic rings. The average Bonchev–Trinajstić information content (AvgIpc) is 2.12. The number of aliphatic hydroxyl groups excluding tert-OH is 1. The van der Waals surface area contributed by atoms with Gasteiger partial charge in [0.1, 0.15) is 0 Å². The van der Waals surface area contributed by atoms with E-state index < -0.39 is 6.10 Å². The lowest BCUT2D eigenvalue weighted by molar-refractivity contribution is -0.130. The minimum atomic E-state index is -0.465. The Morgan fingerprint density at radius 1 is 1.50 bits per heavy atom. The molecule has 2 N–H and O–H groups in total. The molecular weight excluding hydrogens is 180 g/mol. The van der Waals surface area contributed by atoms with Crippen LogP contribution in [0.3, 0.4) is 0 Å². The van der Waals surface area contributed by atoms with Crippen LogP contribution in [0.1, 0.15) is 27.2 Å². The molecule has 0 aromatic carbocycles. The van der Waals surface area contributed by atoms with Gasteiger partial charge in [-0.25, -0.2) is 0 Å². The highest BCUT2D eigenvalue weighted by Gasteiger charge is 2.11. The summed E-state index contributed by atoms with van der Waals surface area (Å²) in [4.78, 5) is 13.0. The Hall–Kier alpha value is -0.610. The summed E-state index contributed by atoms with van der Waals surface area (Å²) in [6.07, 6.45) is 0.542. The summed E-state index contributed by atoms with van der Waals surface area (Å²) in [6.45, 7) is 6.52. The summed E-state index contributed by atoms with van der Waals surface area (Å²) in [7, 11) is 1.70. The van der Waals surface area contributed by atoms with E-state index in [0.29, 0.717) is 19.1 Å². The molecule has 4 heteroatoms. The predicted octanol–water partition coefficient (Wildman–Crippen LogP) is 0.214. The van der Waals surface area contributed by atoms with Crippen LogP contribution in [0.4, 0.5) is 0 Å². The summed E-state index contributed by atoms with van der Waals surface area (Å²) in [5.41, 5.74) is 0. The molecular formula is C10H22N2O2. The molecule has 0 radical (unpaired) electrons. The van der Waals surface area contributed by atoms with Crippen LogP contribution in [0.25, 0.3) is 0 Å². The maximum Gasteiger partial charge on any atom is 0.236 e. The topological polar surface area (TPSA) is 52.6 Å². The molecule has 1 amide bonds. The van der Waals surface area contributed by atoms with Crippen LogP contribution >= 0.6 is 0 Å². The number of aliphatic hydroxyl groups is 1. The van der Waals surface area contributed by atoms with Crippen molar-refractivity contribution in [2.45, 2.75) is 39.3 Å². The van der Waals surface area contributed by atoms with Crippen LogP contribution < -0.4 is 5.32 Å². The number of likely N-dealkylation sites (N-methyl/N-ethyl adjacent to an activating group) is 1. The number of rotatable bonds is 6. The maximum atomic E-state index is 11.5. The zero-order valence-electron chi connectivity index (χ0n) is 9.58. The first-order valence-electron chi connectivity index (χ1n) is 5.12. The van der Waals surface area contributed by atoms with Crippen molar-refractivity contribution in [2.24, 2.45) is 0 Å². The van der Waals surface area contributed by atoms with E-state index in [2.05, 4.69) is 12.2 Å². The van der Waals surface area contributed by atoms with Gasteiger partial charge in [0.15, 0.2) is 0 Å². The number of amides is 1. The molecule has 14 heavy (non-hydrogen) atoms. The Kier molecular flexibility index (Phi) is 6.49. The molecule has 0 aliphatic carbocycles. The van der Waals surface area contributed by atoms with E-state index in [1.165, 1.54) is 0 Å². The third-order valence-corrected chi connectivity index (χ3v) is 2.18. The maximum absolute atomic E-state index is 11.5. The highest BCUT2D eigenvalue weighted by Crippen LogP contribution is 1.91. The van der Waals surface area contributed by atoms with Gasteiger partial charge in [-0.2, -0.15) is 0 Å². The lowest BCUT2D eigenvalue weighted by atomic mass is 10.2. The van der Waals surface area contributed by atoms with E-state index in [1.807, 2.05) is 6.92 Å². The van der Waals surface area contributed by atoms with Gasteiger partial charge in [0.05, 0.1) is 12.6 Å². The fourth-order valence-electron chi connectivity index (χ4n) is 1.04. The van der Waals surface area contributed by atoms with Gasteiger partial charge in [0.25, 0.3) is 0 Å². The summed E-state index contributed by atoms with van der Waals surface area (Å²) >= 11 is 0. The molecule has 0 aromatic heterocycles. The number of hydrogen-bond donors (Lipinski definition) is 2. The van der Waals surface area contributed by atoms with Crippen LogP contribution in [-0.4, -0.2) is 48.2 Å². The molecule has 0 saturated heterocycles. The largest absolute Gasteiger partial charge is 0.392 e. The van der Waals surface area contributed by atoms with Crippen LogP contribution in [0, 0.1) is 0 Å². The average molecular weight is 202 g/mol. The van der Waals surface area contributed by atoms with Crippen molar-refractivity contribution < 1.29 is 9.90 Å². The molecule has 0 rings (SSSR count). The smallest absolute Gasteiger partial charge is 0.236 e. The molecule has 0 spiro atoms.